The van der Waals surface area contributed by atoms with Gasteiger partial charge < -0.3 is 15.0 Å². The predicted octanol–water partition coefficient (Wildman–Crippen LogP) is 3.36. The lowest BCUT2D eigenvalue weighted by Gasteiger charge is -2.31. The molecule has 1 N–H and O–H groups in total. The summed E-state index contributed by atoms with van der Waals surface area (Å²) >= 11 is 0. The molecule has 0 fully saturated rings. The van der Waals surface area contributed by atoms with Gasteiger partial charge in [-0.15, -0.1) is 0 Å². The van der Waals surface area contributed by atoms with Gasteiger partial charge in [0.2, 0.25) is 21.8 Å². The number of anilines is 1. The van der Waals surface area contributed by atoms with Crippen LogP contribution in [-0.2, 0) is 32.6 Å². The highest BCUT2D eigenvalue weighted by Gasteiger charge is 2.28. The molecule has 0 saturated carbocycles. The van der Waals surface area contributed by atoms with E-state index in [9.17, 15) is 18.0 Å². The van der Waals surface area contributed by atoms with Crippen molar-refractivity contribution >= 4 is 27.5 Å². The highest BCUT2D eigenvalue weighted by Crippen LogP contribution is 2.21. The lowest BCUT2D eigenvalue weighted by Crippen LogP contribution is -2.48. The topological polar surface area (TPSA) is 96.0 Å². The van der Waals surface area contributed by atoms with E-state index in [2.05, 4.69) is 5.32 Å². The van der Waals surface area contributed by atoms with Gasteiger partial charge in [0.1, 0.15) is 11.8 Å². The van der Waals surface area contributed by atoms with E-state index in [0.717, 1.165) is 23.8 Å². The molecule has 0 unspecified atom stereocenters. The molecule has 0 radical (unpaired) electrons. The molecule has 2 aromatic rings. The fourth-order valence-corrected chi connectivity index (χ4v) is 4.88. The van der Waals surface area contributed by atoms with E-state index in [0.29, 0.717) is 24.3 Å². The number of carbonyl (C=O) groups excluding carboxylic acids is 2. The summed E-state index contributed by atoms with van der Waals surface area (Å²) in [5.41, 5.74) is 2.56. The predicted molar refractivity (Wildman–Crippen MR) is 139 cm³/mol. The van der Waals surface area contributed by atoms with Gasteiger partial charge >= 0.3 is 0 Å². The summed E-state index contributed by atoms with van der Waals surface area (Å²) in [6.07, 6.45) is 2.92. The SMILES string of the molecule is CCc1ccc(N(CCCC(=O)N(Cc2ccc(OC)cc2)[C@@H](CC)C(=O)NC)S(C)(=O)=O)cc1. The van der Waals surface area contributed by atoms with E-state index in [1.807, 2.05) is 50.2 Å². The molecule has 0 heterocycles. The van der Waals surface area contributed by atoms with Gasteiger partial charge in [-0.25, -0.2) is 8.42 Å². The Morgan fingerprint density at radius 1 is 1.00 bits per heavy atom. The number of likely N-dealkylation sites (N-methyl/N-ethyl adjacent to an activating group) is 1. The summed E-state index contributed by atoms with van der Waals surface area (Å²) in [4.78, 5) is 27.4. The van der Waals surface area contributed by atoms with Crippen LogP contribution in [0.3, 0.4) is 0 Å². The molecule has 2 amide bonds. The molecule has 9 heteroatoms. The summed E-state index contributed by atoms with van der Waals surface area (Å²) in [6, 6.07) is 14.1. The zero-order valence-electron chi connectivity index (χ0n) is 21.3. The second kappa shape index (κ2) is 13.1. The van der Waals surface area contributed by atoms with Gasteiger partial charge in [0, 0.05) is 26.6 Å². The van der Waals surface area contributed by atoms with E-state index in [1.165, 1.54) is 4.31 Å². The Morgan fingerprint density at radius 2 is 1.60 bits per heavy atom. The largest absolute Gasteiger partial charge is 0.497 e. The van der Waals surface area contributed by atoms with Crippen LogP contribution in [0.2, 0.25) is 0 Å². The molecule has 2 rings (SSSR count). The first kappa shape index (κ1) is 28.2. The normalized spacial score (nSPS) is 12.0. The lowest BCUT2D eigenvalue weighted by molar-refractivity contribution is -0.141. The molecule has 0 aliphatic carbocycles. The number of benzene rings is 2. The zero-order valence-corrected chi connectivity index (χ0v) is 22.1. The van der Waals surface area contributed by atoms with Gasteiger partial charge in [-0.2, -0.15) is 0 Å². The minimum absolute atomic E-state index is 0.114. The minimum atomic E-state index is -3.52. The summed E-state index contributed by atoms with van der Waals surface area (Å²) in [5.74, 6) is 0.270. The maximum Gasteiger partial charge on any atom is 0.242 e. The van der Waals surface area contributed by atoms with E-state index in [-0.39, 0.29) is 31.3 Å². The Balaban J connectivity index is 2.17. The van der Waals surface area contributed by atoms with Gasteiger partial charge in [0.25, 0.3) is 0 Å². The second-order valence-electron chi connectivity index (χ2n) is 8.37. The Kier molecular flexibility index (Phi) is 10.6. The third kappa shape index (κ3) is 7.99. The van der Waals surface area contributed by atoms with Gasteiger partial charge in [-0.1, -0.05) is 38.1 Å². The maximum absolute atomic E-state index is 13.3. The molecule has 0 saturated heterocycles. The van der Waals surface area contributed by atoms with E-state index < -0.39 is 16.1 Å². The Hall–Kier alpha value is -3.07. The van der Waals surface area contributed by atoms with Crippen molar-refractivity contribution in [1.29, 1.82) is 0 Å². The van der Waals surface area contributed by atoms with Crippen LogP contribution in [-0.4, -0.2) is 58.1 Å². The zero-order chi connectivity index (χ0) is 26.0. The first-order valence-corrected chi connectivity index (χ1v) is 13.7. The number of nitrogens with one attached hydrogen (secondary N) is 1. The van der Waals surface area contributed by atoms with Crippen LogP contribution in [0.15, 0.2) is 48.5 Å². The molecule has 8 nitrogen and oxygen atoms in total. The summed E-state index contributed by atoms with van der Waals surface area (Å²) in [7, 11) is -0.382. The molecule has 1 atom stereocenters. The smallest absolute Gasteiger partial charge is 0.242 e. The fraction of sp³-hybridized carbons (Fsp3) is 0.462. The molecule has 0 spiro atoms. The monoisotopic (exact) mass is 503 g/mol. The number of aryl methyl sites for hydroxylation is 1. The van der Waals surface area contributed by atoms with Crippen molar-refractivity contribution in [1.82, 2.24) is 10.2 Å². The molecule has 0 aromatic heterocycles. The Bertz CT molecular complexity index is 1070. The van der Waals surface area contributed by atoms with Crippen molar-refractivity contribution in [2.45, 2.75) is 52.1 Å². The standard InChI is InChI=1S/C26H37N3O5S/c1-6-20-10-14-22(15-11-20)29(35(5,32)33)18-8-9-25(30)28(24(7-2)26(31)27-3)19-21-12-16-23(34-4)17-13-21/h10-17,24H,6-9,18-19H2,1-5H3,(H,27,31)/t24-/m0/s1. The second-order valence-corrected chi connectivity index (χ2v) is 10.3. The first-order chi connectivity index (χ1) is 16.6. The highest BCUT2D eigenvalue weighted by molar-refractivity contribution is 7.92. The number of hydrogen-bond acceptors (Lipinski definition) is 5. The summed E-state index contributed by atoms with van der Waals surface area (Å²) in [5, 5.41) is 2.64. The first-order valence-electron chi connectivity index (χ1n) is 11.8. The van der Waals surface area contributed by atoms with Gasteiger partial charge in [-0.3, -0.25) is 13.9 Å². The van der Waals surface area contributed by atoms with Crippen LogP contribution in [0.5, 0.6) is 5.75 Å². The van der Waals surface area contributed by atoms with Crippen molar-refractivity contribution in [3.8, 4) is 5.75 Å². The van der Waals surface area contributed by atoms with Crippen LogP contribution in [0.4, 0.5) is 5.69 Å². The van der Waals surface area contributed by atoms with Crippen LogP contribution < -0.4 is 14.4 Å². The van der Waals surface area contributed by atoms with Gasteiger partial charge in [-0.05, 0) is 54.7 Å². The lowest BCUT2D eigenvalue weighted by atomic mass is 10.1. The fourth-order valence-electron chi connectivity index (χ4n) is 3.92. The molecular weight excluding hydrogens is 466 g/mol. The Morgan fingerprint density at radius 3 is 2.09 bits per heavy atom. The molecule has 35 heavy (non-hydrogen) atoms. The molecule has 192 valence electrons. The van der Waals surface area contributed by atoms with E-state index in [4.69, 9.17) is 4.74 Å². The van der Waals surface area contributed by atoms with Crippen LogP contribution in [0.1, 0.15) is 44.2 Å². The van der Waals surface area contributed by atoms with Crippen LogP contribution in [0, 0.1) is 0 Å². The number of ether oxygens (including phenoxy) is 1. The third-order valence-electron chi connectivity index (χ3n) is 5.93. The van der Waals surface area contributed by atoms with Gasteiger partial charge in [0.15, 0.2) is 0 Å². The molecule has 0 aliphatic rings. The van der Waals surface area contributed by atoms with Gasteiger partial charge in [0.05, 0.1) is 19.1 Å². The summed E-state index contributed by atoms with van der Waals surface area (Å²) < 4.78 is 31.4. The van der Waals surface area contributed by atoms with E-state index in [1.54, 1.807) is 31.2 Å². The third-order valence-corrected chi connectivity index (χ3v) is 7.12. The van der Waals surface area contributed by atoms with Crippen LogP contribution >= 0.6 is 0 Å². The maximum atomic E-state index is 13.3. The number of nitrogens with zero attached hydrogens (tertiary/aromatic N) is 2. The number of hydrogen-bond donors (Lipinski definition) is 1. The number of methoxy groups -OCH3 is 1. The van der Waals surface area contributed by atoms with Crippen molar-refractivity contribution in [2.24, 2.45) is 0 Å². The molecular formula is C26H37N3O5S. The number of carbonyl (C=O) groups is 2. The molecule has 0 bridgehead atoms. The quantitative estimate of drug-likeness (QED) is 0.452. The van der Waals surface area contributed by atoms with E-state index >= 15 is 0 Å². The average Bonchev–Trinajstić information content (AvgIpc) is 2.85. The van der Waals surface area contributed by atoms with Crippen molar-refractivity contribution in [3.05, 3.63) is 59.7 Å². The van der Waals surface area contributed by atoms with Crippen molar-refractivity contribution in [3.63, 3.8) is 0 Å². The molecule has 2 aromatic carbocycles. The molecule has 0 aliphatic heterocycles. The van der Waals surface area contributed by atoms with Crippen LogP contribution in [0.25, 0.3) is 0 Å². The van der Waals surface area contributed by atoms with Crippen molar-refractivity contribution < 1.29 is 22.7 Å². The highest BCUT2D eigenvalue weighted by atomic mass is 32.2. The average molecular weight is 504 g/mol. The van der Waals surface area contributed by atoms with Crippen molar-refractivity contribution in [2.75, 3.05) is 31.3 Å². The number of amides is 2. The summed E-state index contributed by atoms with van der Waals surface area (Å²) in [6.45, 7) is 4.33. The number of sulfonamides is 1. The Labute approximate surface area is 209 Å². The minimum Gasteiger partial charge on any atom is -0.497 e. The number of rotatable bonds is 13.